The van der Waals surface area contributed by atoms with E-state index < -0.39 is 38.4 Å². The highest BCUT2D eigenvalue weighted by molar-refractivity contribution is 7.48. The lowest BCUT2D eigenvalue weighted by atomic mass is 10.1. The van der Waals surface area contributed by atoms with Gasteiger partial charge in [0.2, 0.25) is 0 Å². The van der Waals surface area contributed by atoms with Crippen molar-refractivity contribution in [2.24, 2.45) is 5.10 Å². The Kier molecular flexibility index (Phi) is 8.35. The molecule has 17 heteroatoms. The van der Waals surface area contributed by atoms with Crippen LogP contribution in [0.25, 0.3) is 11.1 Å². The smallest absolute Gasteiger partial charge is 0.442 e. The van der Waals surface area contributed by atoms with E-state index in [0.29, 0.717) is 35.7 Å². The minimum absolute atomic E-state index is 0.223. The number of benzene rings is 1. The van der Waals surface area contributed by atoms with E-state index in [4.69, 9.17) is 9.26 Å². The Morgan fingerprint density at radius 2 is 2.02 bits per heavy atom. The van der Waals surface area contributed by atoms with Crippen LogP contribution in [0.5, 0.6) is 0 Å². The molecule has 216 valence electrons. The van der Waals surface area contributed by atoms with Crippen molar-refractivity contribution in [3.63, 3.8) is 0 Å². The minimum Gasteiger partial charge on any atom is -0.442 e. The zero-order valence-electron chi connectivity index (χ0n) is 22.1. The van der Waals surface area contributed by atoms with Gasteiger partial charge in [0.15, 0.2) is 0 Å². The Bertz CT molecular complexity index is 1470. The number of cyclic esters (lactones) is 1. The molecular weight excluding hydrogens is 562 g/mol. The van der Waals surface area contributed by atoms with Crippen molar-refractivity contribution < 1.29 is 36.9 Å². The van der Waals surface area contributed by atoms with E-state index >= 15 is 4.39 Å². The summed E-state index contributed by atoms with van der Waals surface area (Å²) in [6, 6.07) is 7.93. The number of rotatable bonds is 10. The summed E-state index contributed by atoms with van der Waals surface area (Å²) in [4.78, 5) is 32.2. The third kappa shape index (κ3) is 6.41. The number of amides is 2. The summed E-state index contributed by atoms with van der Waals surface area (Å²) in [5.41, 5.74) is 1.23. The summed E-state index contributed by atoms with van der Waals surface area (Å²) in [5, 5.41) is 12.9. The molecule has 0 spiro atoms. The topological polar surface area (TPSA) is 154 Å². The summed E-state index contributed by atoms with van der Waals surface area (Å²) in [5.74, 6) is -0.503. The Morgan fingerprint density at radius 3 is 2.66 bits per heavy atom. The number of phosphoric ester groups is 1. The molecule has 2 aromatic heterocycles. The SMILES string of the molecule is COP(=O)(OC)OCC(=O)N1CCN(c2ccc(-c3ccc(N4C[C@H](Cn5ccnn5)OC4=O)cc3F)cn2)C=N1. The number of hydrazone groups is 1. The fraction of sp³-hybridized carbons (Fsp3) is 0.333. The molecule has 5 rings (SSSR count). The van der Waals surface area contributed by atoms with Crippen molar-refractivity contribution in [2.45, 2.75) is 12.6 Å². The minimum atomic E-state index is -3.78. The zero-order valence-corrected chi connectivity index (χ0v) is 23.0. The Hall–Kier alpha value is -4.24. The normalized spacial score (nSPS) is 17.3. The van der Waals surface area contributed by atoms with Gasteiger partial charge in [-0.15, -0.1) is 5.10 Å². The standard InChI is InChI=1S/C24H26FN8O7P/c1-37-41(36,38-2)39-15-23(34)33-10-9-30(16-28-33)22-6-3-17(12-26-22)20-5-4-18(11-21(20)25)32-14-19(40-24(32)35)13-31-8-7-27-29-31/h3-8,11-12,16,19H,9-10,13-15H2,1-2H3/t19-/m0/s1. The van der Waals surface area contributed by atoms with E-state index in [1.165, 1.54) is 34.7 Å². The van der Waals surface area contributed by atoms with Gasteiger partial charge >= 0.3 is 13.9 Å². The lowest BCUT2D eigenvalue weighted by molar-refractivity contribution is -0.134. The molecule has 1 fully saturated rings. The molecule has 4 heterocycles. The first-order valence-corrected chi connectivity index (χ1v) is 13.8. The van der Waals surface area contributed by atoms with Crippen molar-refractivity contribution in [3.05, 3.63) is 54.7 Å². The van der Waals surface area contributed by atoms with Crippen molar-refractivity contribution in [1.29, 1.82) is 0 Å². The number of carbonyl (C=O) groups is 2. The maximum atomic E-state index is 15.1. The maximum absolute atomic E-state index is 15.1. The van der Waals surface area contributed by atoms with E-state index in [-0.39, 0.29) is 13.1 Å². The number of hydrogen-bond donors (Lipinski definition) is 0. The maximum Gasteiger partial charge on any atom is 0.474 e. The first kappa shape index (κ1) is 28.3. The highest BCUT2D eigenvalue weighted by Gasteiger charge is 2.33. The lowest BCUT2D eigenvalue weighted by Crippen LogP contribution is -2.42. The van der Waals surface area contributed by atoms with Gasteiger partial charge < -0.3 is 9.64 Å². The average molecular weight is 588 g/mol. The third-order valence-electron chi connectivity index (χ3n) is 6.32. The van der Waals surface area contributed by atoms with Crippen LogP contribution in [0, 0.1) is 5.82 Å². The predicted molar refractivity (Wildman–Crippen MR) is 142 cm³/mol. The van der Waals surface area contributed by atoms with Gasteiger partial charge in [-0.05, 0) is 30.3 Å². The molecule has 1 saturated heterocycles. The highest BCUT2D eigenvalue weighted by Crippen LogP contribution is 2.47. The van der Waals surface area contributed by atoms with Crippen LogP contribution in [0.3, 0.4) is 0 Å². The monoisotopic (exact) mass is 588 g/mol. The van der Waals surface area contributed by atoms with Crippen LogP contribution < -0.4 is 9.80 Å². The predicted octanol–water partition coefficient (Wildman–Crippen LogP) is 2.51. The van der Waals surface area contributed by atoms with E-state index in [2.05, 4.69) is 29.4 Å². The summed E-state index contributed by atoms with van der Waals surface area (Å²) in [7, 11) is -1.48. The number of anilines is 2. The molecule has 3 aromatic rings. The molecule has 41 heavy (non-hydrogen) atoms. The molecule has 2 aliphatic rings. The van der Waals surface area contributed by atoms with Crippen molar-refractivity contribution in [2.75, 3.05) is 50.3 Å². The molecule has 1 atom stereocenters. The molecule has 0 saturated carbocycles. The molecule has 15 nitrogen and oxygen atoms in total. The lowest BCUT2D eigenvalue weighted by Gasteiger charge is -2.28. The number of aromatic nitrogens is 4. The van der Waals surface area contributed by atoms with Crippen molar-refractivity contribution in [1.82, 2.24) is 25.0 Å². The fourth-order valence-corrected chi connectivity index (χ4v) is 4.81. The van der Waals surface area contributed by atoms with Gasteiger partial charge in [0.1, 0.15) is 30.7 Å². The number of nitrogens with zero attached hydrogens (tertiary/aromatic N) is 8. The van der Waals surface area contributed by atoms with Crippen molar-refractivity contribution in [3.8, 4) is 11.1 Å². The van der Waals surface area contributed by atoms with Gasteiger partial charge in [0.05, 0.1) is 31.5 Å². The number of phosphoric acid groups is 1. The van der Waals surface area contributed by atoms with Gasteiger partial charge in [0.25, 0.3) is 5.91 Å². The van der Waals surface area contributed by atoms with Crippen molar-refractivity contribution >= 4 is 37.7 Å². The Labute approximate surface area is 233 Å². The van der Waals surface area contributed by atoms with Crippen LogP contribution >= 0.6 is 7.82 Å². The molecule has 2 amide bonds. The molecule has 2 aliphatic heterocycles. The van der Waals surface area contributed by atoms with E-state index in [1.807, 2.05) is 0 Å². The van der Waals surface area contributed by atoms with Crippen LogP contribution in [-0.2, 0) is 34.2 Å². The third-order valence-corrected chi connectivity index (χ3v) is 7.66. The molecule has 0 bridgehead atoms. The second kappa shape index (κ2) is 12.1. The Morgan fingerprint density at radius 1 is 1.20 bits per heavy atom. The van der Waals surface area contributed by atoms with Gasteiger partial charge in [-0.2, -0.15) is 5.10 Å². The molecular formula is C24H26FN8O7P. The van der Waals surface area contributed by atoms with E-state index in [1.54, 1.807) is 40.0 Å². The van der Waals surface area contributed by atoms with E-state index in [9.17, 15) is 14.2 Å². The van der Waals surface area contributed by atoms with Crippen LogP contribution in [0.4, 0.5) is 20.7 Å². The number of hydrogen-bond acceptors (Lipinski definition) is 12. The molecule has 0 unspecified atom stereocenters. The van der Waals surface area contributed by atoms with E-state index in [0.717, 1.165) is 14.2 Å². The van der Waals surface area contributed by atoms with Crippen LogP contribution in [0.2, 0.25) is 0 Å². The quantitative estimate of drug-likeness (QED) is 0.321. The van der Waals surface area contributed by atoms with Gasteiger partial charge in [-0.1, -0.05) is 5.21 Å². The van der Waals surface area contributed by atoms with Gasteiger partial charge in [0, 0.05) is 44.3 Å². The zero-order chi connectivity index (χ0) is 29.0. The van der Waals surface area contributed by atoms with Gasteiger partial charge in [-0.25, -0.2) is 28.4 Å². The number of carbonyl (C=O) groups excluding carboxylic acids is 2. The average Bonchev–Trinajstić information content (AvgIpc) is 3.65. The second-order valence-electron chi connectivity index (χ2n) is 8.84. The summed E-state index contributed by atoms with van der Waals surface area (Å²) in [6.45, 7) is 0.664. The van der Waals surface area contributed by atoms with Gasteiger partial charge in [-0.3, -0.25) is 23.3 Å². The molecule has 0 N–H and O–H groups in total. The van der Waals surface area contributed by atoms with Crippen LogP contribution in [-0.4, -0.2) is 89.9 Å². The molecule has 0 radical (unpaired) electrons. The number of pyridine rings is 1. The highest BCUT2D eigenvalue weighted by atomic mass is 31.2. The summed E-state index contributed by atoms with van der Waals surface area (Å²) in [6.07, 6.45) is 5.16. The largest absolute Gasteiger partial charge is 0.474 e. The Balaban J connectivity index is 1.19. The van der Waals surface area contributed by atoms with Crippen LogP contribution in [0.1, 0.15) is 0 Å². The first-order chi connectivity index (χ1) is 19.8. The summed E-state index contributed by atoms with van der Waals surface area (Å²) >= 11 is 0. The second-order valence-corrected chi connectivity index (χ2v) is 10.7. The fourth-order valence-electron chi connectivity index (χ4n) is 4.18. The first-order valence-electron chi connectivity index (χ1n) is 12.3. The summed E-state index contributed by atoms with van der Waals surface area (Å²) < 4.78 is 48.2. The van der Waals surface area contributed by atoms with Crippen LogP contribution in [0.15, 0.2) is 54.0 Å². The number of halogens is 1. The molecule has 0 aliphatic carbocycles. The molecule has 1 aromatic carbocycles. The number of ether oxygens (including phenoxy) is 1.